The summed E-state index contributed by atoms with van der Waals surface area (Å²) >= 11 is 0. The van der Waals surface area contributed by atoms with Crippen LogP contribution in [0.1, 0.15) is 5.82 Å². The molecule has 1 heterocycles. The van der Waals surface area contributed by atoms with E-state index in [1.807, 2.05) is 0 Å². The van der Waals surface area contributed by atoms with E-state index in [2.05, 4.69) is 10.2 Å². The summed E-state index contributed by atoms with van der Waals surface area (Å²) < 4.78 is 30.0. The molecule has 0 amide bonds. The summed E-state index contributed by atoms with van der Waals surface area (Å²) in [7, 11) is -1.72. The highest BCUT2D eigenvalue weighted by molar-refractivity contribution is 7.90. The lowest BCUT2D eigenvalue weighted by molar-refractivity contribution is 0.183. The van der Waals surface area contributed by atoms with Crippen LogP contribution in [-0.2, 0) is 27.7 Å². The molecule has 0 saturated carbocycles. The van der Waals surface area contributed by atoms with E-state index in [1.54, 1.807) is 29.9 Å². The van der Waals surface area contributed by atoms with Gasteiger partial charge in [0.1, 0.15) is 6.61 Å². The standard InChI is InChI=1S/C13H17N3O4S/c1-20-7-6-16-12(9-17)14-15-13(16)10-4-3-5-11(8-10)21(2,18)19/h3-5,8,17H,6-7,9H2,1-2H3. The molecule has 2 aromatic rings. The van der Waals surface area contributed by atoms with Crippen molar-refractivity contribution >= 4 is 9.84 Å². The minimum absolute atomic E-state index is 0.215. The van der Waals surface area contributed by atoms with Crippen LogP contribution in [0.4, 0.5) is 0 Å². The molecule has 0 fully saturated rings. The van der Waals surface area contributed by atoms with Crippen LogP contribution < -0.4 is 0 Å². The van der Waals surface area contributed by atoms with Crippen molar-refractivity contribution in [1.29, 1.82) is 0 Å². The molecule has 0 unspecified atom stereocenters. The van der Waals surface area contributed by atoms with Crippen LogP contribution in [-0.4, -0.2) is 48.3 Å². The minimum atomic E-state index is -3.29. The Kier molecular flexibility index (Phi) is 4.71. The summed E-state index contributed by atoms with van der Waals surface area (Å²) in [6.07, 6.45) is 1.15. The van der Waals surface area contributed by atoms with E-state index in [0.717, 1.165) is 6.26 Å². The van der Waals surface area contributed by atoms with Gasteiger partial charge in [-0.25, -0.2) is 8.42 Å². The SMILES string of the molecule is COCCn1c(CO)nnc1-c1cccc(S(C)(=O)=O)c1. The second kappa shape index (κ2) is 6.33. The molecule has 1 aromatic carbocycles. The van der Waals surface area contributed by atoms with Crippen LogP contribution in [0.15, 0.2) is 29.2 Å². The van der Waals surface area contributed by atoms with Crippen LogP contribution >= 0.6 is 0 Å². The van der Waals surface area contributed by atoms with Crippen LogP contribution in [0, 0.1) is 0 Å². The predicted octanol–water partition coefficient (Wildman–Crippen LogP) is 0.487. The lowest BCUT2D eigenvalue weighted by Gasteiger charge is -2.09. The number of aliphatic hydroxyl groups excluding tert-OH is 1. The molecular weight excluding hydrogens is 294 g/mol. The maximum atomic E-state index is 11.6. The third kappa shape index (κ3) is 3.46. The normalized spacial score (nSPS) is 11.8. The predicted molar refractivity (Wildman–Crippen MR) is 76.4 cm³/mol. The summed E-state index contributed by atoms with van der Waals surface area (Å²) in [5, 5.41) is 17.3. The Morgan fingerprint density at radius 2 is 2.10 bits per heavy atom. The fourth-order valence-corrected chi connectivity index (χ4v) is 2.62. The first-order valence-corrected chi connectivity index (χ1v) is 8.19. The van der Waals surface area contributed by atoms with E-state index >= 15 is 0 Å². The molecule has 0 radical (unpaired) electrons. The molecule has 1 aromatic heterocycles. The van der Waals surface area contributed by atoms with Gasteiger partial charge in [-0.2, -0.15) is 0 Å². The highest BCUT2D eigenvalue weighted by Crippen LogP contribution is 2.22. The maximum Gasteiger partial charge on any atom is 0.175 e. The second-order valence-corrected chi connectivity index (χ2v) is 6.56. The smallest absolute Gasteiger partial charge is 0.175 e. The quantitative estimate of drug-likeness (QED) is 0.834. The van der Waals surface area contributed by atoms with Gasteiger partial charge in [-0.05, 0) is 12.1 Å². The molecule has 0 saturated heterocycles. The first kappa shape index (κ1) is 15.6. The fourth-order valence-electron chi connectivity index (χ4n) is 1.95. The first-order chi connectivity index (χ1) is 9.97. The molecule has 0 spiro atoms. The number of methoxy groups -OCH3 is 1. The highest BCUT2D eigenvalue weighted by atomic mass is 32.2. The number of aliphatic hydroxyl groups is 1. The van der Waals surface area contributed by atoms with Gasteiger partial charge < -0.3 is 14.4 Å². The van der Waals surface area contributed by atoms with Crippen molar-refractivity contribution in [3.05, 3.63) is 30.1 Å². The van der Waals surface area contributed by atoms with Crippen molar-refractivity contribution in [1.82, 2.24) is 14.8 Å². The van der Waals surface area contributed by atoms with Gasteiger partial charge >= 0.3 is 0 Å². The summed E-state index contributed by atoms with van der Waals surface area (Å²) in [6, 6.07) is 6.48. The largest absolute Gasteiger partial charge is 0.388 e. The van der Waals surface area contributed by atoms with Crippen molar-refractivity contribution in [3.63, 3.8) is 0 Å². The van der Waals surface area contributed by atoms with Crippen molar-refractivity contribution < 1.29 is 18.3 Å². The van der Waals surface area contributed by atoms with Crippen molar-refractivity contribution in [3.8, 4) is 11.4 Å². The summed E-state index contributed by atoms with van der Waals surface area (Å²) in [5.74, 6) is 0.911. The molecule has 1 N–H and O–H groups in total. The van der Waals surface area contributed by atoms with Gasteiger partial charge in [-0.3, -0.25) is 0 Å². The van der Waals surface area contributed by atoms with E-state index < -0.39 is 9.84 Å². The third-order valence-electron chi connectivity index (χ3n) is 3.01. The van der Waals surface area contributed by atoms with Gasteiger partial charge in [0.15, 0.2) is 21.5 Å². The van der Waals surface area contributed by atoms with Gasteiger partial charge in [-0.15, -0.1) is 10.2 Å². The number of aromatic nitrogens is 3. The third-order valence-corrected chi connectivity index (χ3v) is 4.12. The van der Waals surface area contributed by atoms with Gasteiger partial charge in [-0.1, -0.05) is 12.1 Å². The lowest BCUT2D eigenvalue weighted by atomic mass is 10.2. The van der Waals surface area contributed by atoms with Crippen molar-refractivity contribution in [2.75, 3.05) is 20.0 Å². The Morgan fingerprint density at radius 1 is 1.33 bits per heavy atom. The lowest BCUT2D eigenvalue weighted by Crippen LogP contribution is -2.10. The Labute approximate surface area is 123 Å². The average molecular weight is 311 g/mol. The summed E-state index contributed by atoms with van der Waals surface area (Å²) in [5.41, 5.74) is 0.626. The van der Waals surface area contributed by atoms with Gasteiger partial charge in [0, 0.05) is 25.5 Å². The molecule has 0 bridgehead atoms. The van der Waals surface area contributed by atoms with Crippen molar-refractivity contribution in [2.45, 2.75) is 18.0 Å². The molecule has 0 aliphatic carbocycles. The van der Waals surface area contributed by atoms with E-state index in [-0.39, 0.29) is 11.5 Å². The monoisotopic (exact) mass is 311 g/mol. The van der Waals surface area contributed by atoms with Gasteiger partial charge in [0.25, 0.3) is 0 Å². The molecular formula is C13H17N3O4S. The molecule has 8 heteroatoms. The molecule has 21 heavy (non-hydrogen) atoms. The summed E-state index contributed by atoms with van der Waals surface area (Å²) in [4.78, 5) is 0.215. The van der Waals surface area contributed by atoms with Crippen LogP contribution in [0.25, 0.3) is 11.4 Å². The number of nitrogens with zero attached hydrogens (tertiary/aromatic N) is 3. The zero-order chi connectivity index (χ0) is 15.5. The average Bonchev–Trinajstić information content (AvgIpc) is 2.87. The number of rotatable bonds is 6. The Morgan fingerprint density at radius 3 is 2.71 bits per heavy atom. The molecule has 2 rings (SSSR count). The van der Waals surface area contributed by atoms with E-state index in [4.69, 9.17) is 4.74 Å². The first-order valence-electron chi connectivity index (χ1n) is 6.29. The number of sulfone groups is 1. The molecule has 114 valence electrons. The molecule has 7 nitrogen and oxygen atoms in total. The number of benzene rings is 1. The zero-order valence-electron chi connectivity index (χ0n) is 11.9. The zero-order valence-corrected chi connectivity index (χ0v) is 12.7. The maximum absolute atomic E-state index is 11.6. The van der Waals surface area contributed by atoms with Crippen LogP contribution in [0.2, 0.25) is 0 Å². The summed E-state index contributed by atoms with van der Waals surface area (Å²) in [6.45, 7) is 0.657. The second-order valence-electron chi connectivity index (χ2n) is 4.54. The van der Waals surface area contributed by atoms with Gasteiger partial charge in [0.05, 0.1) is 11.5 Å². The van der Waals surface area contributed by atoms with Crippen molar-refractivity contribution in [2.24, 2.45) is 0 Å². The number of hydrogen-bond acceptors (Lipinski definition) is 6. The van der Waals surface area contributed by atoms with E-state index in [0.29, 0.717) is 30.4 Å². The molecule has 0 atom stereocenters. The fraction of sp³-hybridized carbons (Fsp3) is 0.385. The van der Waals surface area contributed by atoms with E-state index in [1.165, 1.54) is 6.07 Å². The van der Waals surface area contributed by atoms with E-state index in [9.17, 15) is 13.5 Å². The Bertz CT molecular complexity index is 725. The molecule has 0 aliphatic rings. The number of ether oxygens (including phenoxy) is 1. The Balaban J connectivity index is 2.49. The highest BCUT2D eigenvalue weighted by Gasteiger charge is 2.15. The number of hydrogen-bond donors (Lipinski definition) is 1. The van der Waals surface area contributed by atoms with Gasteiger partial charge in [0.2, 0.25) is 0 Å². The molecule has 0 aliphatic heterocycles. The minimum Gasteiger partial charge on any atom is -0.388 e. The van der Waals surface area contributed by atoms with Crippen LogP contribution in [0.3, 0.4) is 0 Å². The van der Waals surface area contributed by atoms with Crippen LogP contribution in [0.5, 0.6) is 0 Å². The topological polar surface area (TPSA) is 94.3 Å². The Hall–Kier alpha value is -1.77.